The molecule has 1 aromatic heterocycles. The third-order valence-electron chi connectivity index (χ3n) is 2.96. The fraction of sp³-hybridized carbons (Fsp3) is 0.538. The van der Waals surface area contributed by atoms with Crippen LogP contribution in [-0.2, 0) is 0 Å². The number of nitrogens with zero attached hydrogens (tertiary/aromatic N) is 2. The molecule has 1 aliphatic rings. The monoisotopic (exact) mass is 248 g/mol. The Morgan fingerprint density at radius 3 is 2.89 bits per heavy atom. The molecule has 0 radical (unpaired) electrons. The number of hydrazine groups is 1. The molecule has 1 aliphatic carbocycles. The molecule has 0 bridgehead atoms. The van der Waals surface area contributed by atoms with E-state index in [0.29, 0.717) is 23.3 Å². The summed E-state index contributed by atoms with van der Waals surface area (Å²) >= 11 is 0. The summed E-state index contributed by atoms with van der Waals surface area (Å²) in [6.45, 7) is 5.02. The van der Waals surface area contributed by atoms with E-state index in [2.05, 4.69) is 24.3 Å². The summed E-state index contributed by atoms with van der Waals surface area (Å²) in [6.07, 6.45) is 3.81. The van der Waals surface area contributed by atoms with Gasteiger partial charge in [-0.05, 0) is 30.9 Å². The number of pyridine rings is 1. The van der Waals surface area contributed by atoms with E-state index in [-0.39, 0.29) is 5.91 Å². The Hall–Kier alpha value is -1.62. The molecule has 0 unspecified atom stereocenters. The molecule has 0 aliphatic heterocycles. The van der Waals surface area contributed by atoms with Gasteiger partial charge in [0, 0.05) is 18.8 Å². The Labute approximate surface area is 107 Å². The summed E-state index contributed by atoms with van der Waals surface area (Å²) in [6, 6.07) is 3.83. The second-order valence-electron chi connectivity index (χ2n) is 5.16. The Balaban J connectivity index is 2.16. The zero-order valence-electron chi connectivity index (χ0n) is 10.9. The molecular formula is C13H20N4O. The first-order valence-electron chi connectivity index (χ1n) is 6.35. The van der Waals surface area contributed by atoms with E-state index >= 15 is 0 Å². The standard InChI is InChI=1S/C13H20N4O/c1-9(2)8-17(11-3-4-11)13(18)12-7-10(16-14)5-6-15-12/h5-7,9,11H,3-4,8,14H2,1-2H3,(H,15,16). The minimum Gasteiger partial charge on any atom is -0.334 e. The summed E-state index contributed by atoms with van der Waals surface area (Å²) in [5.74, 6) is 5.81. The van der Waals surface area contributed by atoms with Crippen molar-refractivity contribution in [3.8, 4) is 0 Å². The molecule has 3 N–H and O–H groups in total. The molecule has 98 valence electrons. The molecule has 0 aromatic carbocycles. The van der Waals surface area contributed by atoms with Crippen molar-refractivity contribution in [2.75, 3.05) is 12.0 Å². The molecule has 1 heterocycles. The topological polar surface area (TPSA) is 71.2 Å². The molecule has 1 saturated carbocycles. The zero-order chi connectivity index (χ0) is 13.1. The highest BCUT2D eigenvalue weighted by atomic mass is 16.2. The Bertz CT molecular complexity index is 429. The number of nitrogens with two attached hydrogens (primary N) is 1. The molecular weight excluding hydrogens is 228 g/mol. The number of hydrogen-bond acceptors (Lipinski definition) is 4. The van der Waals surface area contributed by atoms with Gasteiger partial charge in [-0.2, -0.15) is 0 Å². The molecule has 18 heavy (non-hydrogen) atoms. The third-order valence-corrected chi connectivity index (χ3v) is 2.96. The number of carbonyl (C=O) groups excluding carboxylic acids is 1. The number of nitrogens with one attached hydrogen (secondary N) is 1. The number of carbonyl (C=O) groups is 1. The van der Waals surface area contributed by atoms with Crippen LogP contribution in [0.1, 0.15) is 37.2 Å². The Morgan fingerprint density at radius 1 is 1.61 bits per heavy atom. The lowest BCUT2D eigenvalue weighted by Gasteiger charge is -2.24. The number of amides is 1. The van der Waals surface area contributed by atoms with Crippen molar-refractivity contribution < 1.29 is 4.79 Å². The molecule has 2 rings (SSSR count). The van der Waals surface area contributed by atoms with Crippen LogP contribution in [0.4, 0.5) is 5.69 Å². The van der Waals surface area contributed by atoms with Crippen molar-refractivity contribution in [1.82, 2.24) is 9.88 Å². The van der Waals surface area contributed by atoms with Crippen LogP contribution in [-0.4, -0.2) is 28.4 Å². The lowest BCUT2D eigenvalue weighted by Crippen LogP contribution is -2.36. The first-order chi connectivity index (χ1) is 8.61. The van der Waals surface area contributed by atoms with Crippen molar-refractivity contribution >= 4 is 11.6 Å². The van der Waals surface area contributed by atoms with E-state index < -0.39 is 0 Å². The van der Waals surface area contributed by atoms with Gasteiger partial charge in [-0.1, -0.05) is 13.8 Å². The first kappa shape index (κ1) is 12.8. The number of hydrogen-bond donors (Lipinski definition) is 2. The van der Waals surface area contributed by atoms with Crippen molar-refractivity contribution in [1.29, 1.82) is 0 Å². The van der Waals surface area contributed by atoms with Crippen molar-refractivity contribution in [3.63, 3.8) is 0 Å². The van der Waals surface area contributed by atoms with Crippen LogP contribution in [0.2, 0.25) is 0 Å². The van der Waals surface area contributed by atoms with Crippen molar-refractivity contribution in [3.05, 3.63) is 24.0 Å². The molecule has 0 atom stereocenters. The maximum atomic E-state index is 12.4. The summed E-state index contributed by atoms with van der Waals surface area (Å²) in [5, 5.41) is 0. The maximum Gasteiger partial charge on any atom is 0.272 e. The molecule has 1 amide bonds. The smallest absolute Gasteiger partial charge is 0.272 e. The highest BCUT2D eigenvalue weighted by molar-refractivity contribution is 5.93. The van der Waals surface area contributed by atoms with E-state index in [0.717, 1.165) is 19.4 Å². The largest absolute Gasteiger partial charge is 0.334 e. The van der Waals surface area contributed by atoms with Gasteiger partial charge in [0.05, 0.1) is 5.69 Å². The number of anilines is 1. The normalized spacial score (nSPS) is 14.7. The van der Waals surface area contributed by atoms with Gasteiger partial charge < -0.3 is 10.3 Å². The van der Waals surface area contributed by atoms with Gasteiger partial charge >= 0.3 is 0 Å². The molecule has 0 saturated heterocycles. The van der Waals surface area contributed by atoms with Gasteiger partial charge in [0.1, 0.15) is 5.69 Å². The first-order valence-corrected chi connectivity index (χ1v) is 6.35. The molecule has 5 heteroatoms. The maximum absolute atomic E-state index is 12.4. The van der Waals surface area contributed by atoms with Crippen LogP contribution in [0.5, 0.6) is 0 Å². The molecule has 0 spiro atoms. The van der Waals surface area contributed by atoms with Gasteiger partial charge in [0.25, 0.3) is 5.91 Å². The van der Waals surface area contributed by atoms with E-state index in [1.54, 1.807) is 18.3 Å². The van der Waals surface area contributed by atoms with Crippen LogP contribution in [0.25, 0.3) is 0 Å². The summed E-state index contributed by atoms with van der Waals surface area (Å²) < 4.78 is 0. The number of nitrogen functional groups attached to an aromatic ring is 1. The minimum absolute atomic E-state index is 0.00306. The third kappa shape index (κ3) is 2.98. The van der Waals surface area contributed by atoms with Crippen molar-refractivity contribution in [2.45, 2.75) is 32.7 Å². The summed E-state index contributed by atoms with van der Waals surface area (Å²) in [5.41, 5.74) is 3.69. The lowest BCUT2D eigenvalue weighted by molar-refractivity contribution is 0.0716. The number of rotatable bonds is 5. The summed E-state index contributed by atoms with van der Waals surface area (Å²) in [7, 11) is 0. The van der Waals surface area contributed by atoms with Crippen molar-refractivity contribution in [2.24, 2.45) is 11.8 Å². The molecule has 1 aromatic rings. The van der Waals surface area contributed by atoms with Crippen LogP contribution >= 0.6 is 0 Å². The molecule has 5 nitrogen and oxygen atoms in total. The van der Waals surface area contributed by atoms with E-state index in [9.17, 15) is 4.79 Å². The van der Waals surface area contributed by atoms with Crippen LogP contribution < -0.4 is 11.3 Å². The lowest BCUT2D eigenvalue weighted by atomic mass is 10.2. The van der Waals surface area contributed by atoms with Gasteiger partial charge in [0.2, 0.25) is 0 Å². The van der Waals surface area contributed by atoms with E-state index in [4.69, 9.17) is 5.84 Å². The quantitative estimate of drug-likeness (QED) is 0.613. The second-order valence-corrected chi connectivity index (χ2v) is 5.16. The minimum atomic E-state index is 0.00306. The van der Waals surface area contributed by atoms with E-state index in [1.165, 1.54) is 0 Å². The molecule has 1 fully saturated rings. The zero-order valence-corrected chi connectivity index (χ0v) is 10.9. The van der Waals surface area contributed by atoms with Gasteiger partial charge in [-0.3, -0.25) is 15.6 Å². The van der Waals surface area contributed by atoms with Crippen LogP contribution in [0.3, 0.4) is 0 Å². The SMILES string of the molecule is CC(C)CN(C(=O)c1cc(NN)ccn1)C1CC1. The van der Waals surface area contributed by atoms with Gasteiger partial charge in [0.15, 0.2) is 0 Å². The summed E-state index contributed by atoms with van der Waals surface area (Å²) in [4.78, 5) is 18.5. The predicted molar refractivity (Wildman–Crippen MR) is 70.9 cm³/mol. The average molecular weight is 248 g/mol. The fourth-order valence-corrected chi connectivity index (χ4v) is 1.96. The Morgan fingerprint density at radius 2 is 2.33 bits per heavy atom. The van der Waals surface area contributed by atoms with Gasteiger partial charge in [-0.15, -0.1) is 0 Å². The highest BCUT2D eigenvalue weighted by Crippen LogP contribution is 2.29. The second kappa shape index (κ2) is 5.35. The number of aromatic nitrogens is 1. The van der Waals surface area contributed by atoms with Gasteiger partial charge in [-0.25, -0.2) is 0 Å². The predicted octanol–water partition coefficient (Wildman–Crippen LogP) is 1.63. The average Bonchev–Trinajstić information content (AvgIpc) is 3.19. The van der Waals surface area contributed by atoms with Crippen LogP contribution in [0, 0.1) is 5.92 Å². The van der Waals surface area contributed by atoms with E-state index in [1.807, 2.05) is 4.90 Å². The Kier molecular flexibility index (Phi) is 3.81. The van der Waals surface area contributed by atoms with Crippen LogP contribution in [0.15, 0.2) is 18.3 Å². The highest BCUT2D eigenvalue weighted by Gasteiger charge is 2.33. The fourth-order valence-electron chi connectivity index (χ4n) is 1.96.